The van der Waals surface area contributed by atoms with E-state index in [1.165, 1.54) is 25.2 Å². The average Bonchev–Trinajstić information content (AvgIpc) is 2.68. The second kappa shape index (κ2) is 8.01. The van der Waals surface area contributed by atoms with Gasteiger partial charge in [0.05, 0.1) is 20.6 Å². The second-order valence-corrected chi connectivity index (χ2v) is 6.98. The Balaban J connectivity index is 2.04. The molecule has 0 spiro atoms. The number of fused-ring (bicyclic) bond motifs is 1. The average molecular weight is 453 g/mol. The molecule has 2 heterocycles. The molecule has 1 aromatic heterocycles. The molecule has 9 nitrogen and oxygen atoms in total. The molecule has 1 N–H and O–H groups in total. The largest absolute Gasteiger partial charge is 0.493 e. The van der Waals surface area contributed by atoms with Crippen molar-refractivity contribution in [3.05, 3.63) is 38.7 Å². The summed E-state index contributed by atoms with van der Waals surface area (Å²) in [7, 11) is 2.63. The molecular weight excluding hydrogens is 436 g/mol. The van der Waals surface area contributed by atoms with E-state index in [1.807, 2.05) is 0 Å². The summed E-state index contributed by atoms with van der Waals surface area (Å²) in [4.78, 5) is 50.5. The molecule has 1 fully saturated rings. The molecule has 10 heteroatoms. The molecule has 0 aliphatic carbocycles. The maximum atomic E-state index is 13.0. The monoisotopic (exact) mass is 452 g/mol. The van der Waals surface area contributed by atoms with Gasteiger partial charge in [-0.1, -0.05) is 15.9 Å². The van der Waals surface area contributed by atoms with E-state index >= 15 is 0 Å². The lowest BCUT2D eigenvalue weighted by atomic mass is 10.1. The molecule has 0 unspecified atom stereocenters. The van der Waals surface area contributed by atoms with Crippen LogP contribution in [0.3, 0.4) is 0 Å². The lowest BCUT2D eigenvalue weighted by molar-refractivity contribution is -0.145. The normalized spacial score (nSPS) is 16.6. The molecule has 1 aromatic carbocycles. The van der Waals surface area contributed by atoms with Crippen LogP contribution in [0.15, 0.2) is 31.9 Å². The minimum absolute atomic E-state index is 0.144. The Morgan fingerprint density at radius 2 is 2.04 bits per heavy atom. The Labute approximate surface area is 167 Å². The molecule has 1 atom stereocenters. The summed E-state index contributed by atoms with van der Waals surface area (Å²) in [6.07, 6.45) is -0.313. The van der Waals surface area contributed by atoms with Crippen molar-refractivity contribution < 1.29 is 28.3 Å². The topological polar surface area (TPSA) is 115 Å². The van der Waals surface area contributed by atoms with Crippen LogP contribution in [0.1, 0.15) is 16.8 Å². The third-order valence-corrected chi connectivity index (χ3v) is 4.85. The molecule has 3 rings (SSSR count). The smallest absolute Gasteiger partial charge is 0.349 e. The lowest BCUT2D eigenvalue weighted by Gasteiger charge is -2.34. The summed E-state index contributed by atoms with van der Waals surface area (Å²) in [5.41, 5.74) is -0.895. The van der Waals surface area contributed by atoms with E-state index in [2.05, 4.69) is 26.0 Å². The van der Waals surface area contributed by atoms with Gasteiger partial charge < -0.3 is 24.1 Å². The third kappa shape index (κ3) is 3.72. The van der Waals surface area contributed by atoms with E-state index in [1.54, 1.807) is 12.1 Å². The number of halogens is 1. The van der Waals surface area contributed by atoms with Crippen LogP contribution < -0.4 is 15.7 Å². The number of nitrogens with zero attached hydrogens (tertiary/aromatic N) is 1. The summed E-state index contributed by atoms with van der Waals surface area (Å²) in [6, 6.07) is 3.62. The number of rotatable bonds is 4. The first kappa shape index (κ1) is 19.9. The molecule has 0 saturated carbocycles. The predicted octanol–water partition coefficient (Wildman–Crippen LogP) is 1.07. The Kier molecular flexibility index (Phi) is 5.68. The van der Waals surface area contributed by atoms with E-state index in [0.717, 1.165) is 0 Å². The number of hydrogen-bond donors (Lipinski definition) is 1. The number of piperazine rings is 1. The predicted molar refractivity (Wildman–Crippen MR) is 101 cm³/mol. The Hall–Kier alpha value is -2.88. The number of benzene rings is 1. The molecular formula is C18H17BrN2O7. The van der Waals surface area contributed by atoms with Crippen molar-refractivity contribution in [2.24, 2.45) is 0 Å². The van der Waals surface area contributed by atoms with Gasteiger partial charge in [-0.3, -0.25) is 14.4 Å². The van der Waals surface area contributed by atoms with Crippen LogP contribution in [-0.4, -0.2) is 56.0 Å². The first-order valence-electron chi connectivity index (χ1n) is 8.32. The van der Waals surface area contributed by atoms with Crippen LogP contribution in [0.4, 0.5) is 0 Å². The maximum Gasteiger partial charge on any atom is 0.349 e. The van der Waals surface area contributed by atoms with Gasteiger partial charge in [-0.05, 0) is 18.2 Å². The Morgan fingerprint density at radius 1 is 1.29 bits per heavy atom. The fourth-order valence-corrected chi connectivity index (χ4v) is 3.48. The van der Waals surface area contributed by atoms with Crippen molar-refractivity contribution in [2.75, 3.05) is 27.3 Å². The number of amides is 2. The molecule has 1 aliphatic heterocycles. The quantitative estimate of drug-likeness (QED) is 0.544. The minimum atomic E-state index is -1.07. The molecule has 2 aromatic rings. The highest BCUT2D eigenvalue weighted by Gasteiger charge is 2.36. The minimum Gasteiger partial charge on any atom is -0.493 e. The molecule has 0 radical (unpaired) electrons. The van der Waals surface area contributed by atoms with E-state index in [4.69, 9.17) is 9.15 Å². The number of ether oxygens (including phenoxy) is 2. The summed E-state index contributed by atoms with van der Waals surface area (Å²) < 4.78 is 15.8. The van der Waals surface area contributed by atoms with Crippen molar-refractivity contribution in [1.29, 1.82) is 0 Å². The zero-order valence-corrected chi connectivity index (χ0v) is 16.7. The fraction of sp³-hybridized carbons (Fsp3) is 0.333. The molecule has 2 amide bonds. The van der Waals surface area contributed by atoms with E-state index in [0.29, 0.717) is 15.6 Å². The molecule has 148 valence electrons. The van der Waals surface area contributed by atoms with Crippen molar-refractivity contribution in [3.63, 3.8) is 0 Å². The van der Waals surface area contributed by atoms with E-state index in [9.17, 15) is 19.2 Å². The van der Waals surface area contributed by atoms with E-state index in [-0.39, 0.29) is 30.7 Å². The van der Waals surface area contributed by atoms with Crippen LogP contribution in [0.2, 0.25) is 0 Å². The molecule has 28 heavy (non-hydrogen) atoms. The standard InChI is InChI=1S/C18H17BrN2O7/c1-26-13-7-10(19)5-9-6-11(18(25)28-15(9)13)17(24)21-4-3-20-16(23)12(21)8-14(22)27-2/h5-7,12H,3-4,8H2,1-2H3,(H,20,23)/t12-/m1/s1. The SMILES string of the molecule is COC(=O)C[C@@H]1C(=O)NCCN1C(=O)c1cc2cc(Br)cc(OC)c2oc1=O. The van der Waals surface area contributed by atoms with Crippen molar-refractivity contribution in [2.45, 2.75) is 12.5 Å². The number of methoxy groups -OCH3 is 2. The first-order chi connectivity index (χ1) is 13.3. The van der Waals surface area contributed by atoms with Crippen LogP contribution in [-0.2, 0) is 14.3 Å². The maximum absolute atomic E-state index is 13.0. The lowest BCUT2D eigenvalue weighted by Crippen LogP contribution is -2.58. The van der Waals surface area contributed by atoms with Gasteiger partial charge in [0.1, 0.15) is 11.6 Å². The van der Waals surface area contributed by atoms with Crippen LogP contribution in [0.25, 0.3) is 11.0 Å². The molecule has 1 aliphatic rings. The first-order valence-corrected chi connectivity index (χ1v) is 9.12. The Bertz CT molecular complexity index is 1020. The number of hydrogen-bond acceptors (Lipinski definition) is 7. The van der Waals surface area contributed by atoms with Gasteiger partial charge in [-0.25, -0.2) is 4.79 Å². The fourth-order valence-electron chi connectivity index (χ4n) is 3.02. The van der Waals surface area contributed by atoms with Gasteiger partial charge in [-0.2, -0.15) is 0 Å². The summed E-state index contributed by atoms with van der Waals surface area (Å²) in [6.45, 7) is 0.353. The second-order valence-electron chi connectivity index (χ2n) is 6.06. The van der Waals surface area contributed by atoms with E-state index < -0.39 is 29.5 Å². The van der Waals surface area contributed by atoms with Crippen molar-refractivity contribution >= 4 is 44.7 Å². The van der Waals surface area contributed by atoms with Gasteiger partial charge >= 0.3 is 11.6 Å². The van der Waals surface area contributed by atoms with Gasteiger partial charge in [0, 0.05) is 22.9 Å². The summed E-state index contributed by atoms with van der Waals surface area (Å²) >= 11 is 3.33. The van der Waals surface area contributed by atoms with Crippen LogP contribution >= 0.6 is 15.9 Å². The molecule has 0 bridgehead atoms. The summed E-state index contributed by atoms with van der Waals surface area (Å²) in [5.74, 6) is -1.49. The van der Waals surface area contributed by atoms with Gasteiger partial charge in [0.25, 0.3) is 5.91 Å². The Morgan fingerprint density at radius 3 is 2.71 bits per heavy atom. The highest BCUT2D eigenvalue weighted by Crippen LogP contribution is 2.30. The van der Waals surface area contributed by atoms with Crippen LogP contribution in [0.5, 0.6) is 5.75 Å². The zero-order chi connectivity index (χ0) is 20.4. The van der Waals surface area contributed by atoms with Crippen LogP contribution in [0, 0.1) is 0 Å². The van der Waals surface area contributed by atoms with Crippen molar-refractivity contribution in [3.8, 4) is 5.75 Å². The molecule has 1 saturated heterocycles. The number of nitrogens with one attached hydrogen (secondary N) is 1. The summed E-state index contributed by atoms with van der Waals surface area (Å²) in [5, 5.41) is 3.07. The third-order valence-electron chi connectivity index (χ3n) is 4.39. The van der Waals surface area contributed by atoms with Gasteiger partial charge in [0.15, 0.2) is 11.3 Å². The highest BCUT2D eigenvalue weighted by molar-refractivity contribution is 9.10. The number of carbonyl (C=O) groups is 3. The number of esters is 1. The highest BCUT2D eigenvalue weighted by atomic mass is 79.9. The number of carbonyl (C=O) groups excluding carboxylic acids is 3. The van der Waals surface area contributed by atoms with Gasteiger partial charge in [0.2, 0.25) is 5.91 Å². The van der Waals surface area contributed by atoms with Gasteiger partial charge in [-0.15, -0.1) is 0 Å². The van der Waals surface area contributed by atoms with Crippen molar-refractivity contribution in [1.82, 2.24) is 10.2 Å². The zero-order valence-electron chi connectivity index (χ0n) is 15.1.